The largest absolute Gasteiger partial charge is 0.472 e. The summed E-state index contributed by atoms with van der Waals surface area (Å²) in [4.78, 5) is 12.8. The molecule has 3 aromatic heterocycles. The normalized spacial score (nSPS) is 14.3. The summed E-state index contributed by atoms with van der Waals surface area (Å²) in [5.74, 6) is 1.32. The van der Waals surface area contributed by atoms with E-state index in [4.69, 9.17) is 8.83 Å². The van der Waals surface area contributed by atoms with Gasteiger partial charge < -0.3 is 14.2 Å². The molecule has 6 nitrogen and oxygen atoms in total. The Balaban J connectivity index is 1.59. The lowest BCUT2D eigenvalue weighted by Crippen LogP contribution is -2.10. The average Bonchev–Trinajstić information content (AvgIpc) is 2.95. The maximum absolute atomic E-state index is 12.0. The number of thiophene rings is 1. The van der Waals surface area contributed by atoms with Crippen molar-refractivity contribution in [2.45, 2.75) is 18.8 Å². The summed E-state index contributed by atoms with van der Waals surface area (Å²) in [6.07, 6.45) is 5.08. The van der Waals surface area contributed by atoms with Gasteiger partial charge in [-0.15, -0.1) is 21.5 Å². The molecule has 0 bridgehead atoms. The smallest absolute Gasteiger partial charge is 0.259 e. The van der Waals surface area contributed by atoms with Crippen LogP contribution in [0.25, 0.3) is 10.8 Å². The molecule has 7 heteroatoms. The van der Waals surface area contributed by atoms with Crippen molar-refractivity contribution in [1.29, 1.82) is 0 Å². The first-order valence-corrected chi connectivity index (χ1v) is 7.44. The van der Waals surface area contributed by atoms with Gasteiger partial charge in [-0.05, 0) is 30.4 Å². The van der Waals surface area contributed by atoms with E-state index in [1.165, 1.54) is 23.9 Å². The van der Waals surface area contributed by atoms with Crippen LogP contribution >= 0.6 is 11.3 Å². The highest BCUT2D eigenvalue weighted by atomic mass is 32.1. The Morgan fingerprint density at radius 1 is 1.33 bits per heavy atom. The predicted octanol–water partition coefficient (Wildman–Crippen LogP) is 3.52. The number of nitrogens with one attached hydrogen (secondary N) is 1. The number of hydrogen-bond donors (Lipinski definition) is 1. The second-order valence-electron chi connectivity index (χ2n) is 4.85. The fourth-order valence-electron chi connectivity index (χ4n) is 1.98. The van der Waals surface area contributed by atoms with E-state index >= 15 is 0 Å². The number of amides is 1. The minimum Gasteiger partial charge on any atom is -0.472 e. The summed E-state index contributed by atoms with van der Waals surface area (Å²) in [6.45, 7) is 0. The van der Waals surface area contributed by atoms with E-state index in [-0.39, 0.29) is 5.91 Å². The molecule has 0 unspecified atom stereocenters. The van der Waals surface area contributed by atoms with Crippen LogP contribution in [0.4, 0.5) is 5.69 Å². The highest BCUT2D eigenvalue weighted by Gasteiger charge is 2.30. The molecule has 1 aliphatic carbocycles. The van der Waals surface area contributed by atoms with Crippen LogP contribution in [0.15, 0.2) is 38.9 Å². The van der Waals surface area contributed by atoms with Crippen LogP contribution in [-0.4, -0.2) is 16.1 Å². The number of hydrogen-bond acceptors (Lipinski definition) is 6. The fraction of sp³-hybridized carbons (Fsp3) is 0.214. The van der Waals surface area contributed by atoms with Gasteiger partial charge in [0.25, 0.3) is 11.8 Å². The molecule has 0 saturated heterocycles. The quantitative estimate of drug-likeness (QED) is 0.797. The predicted molar refractivity (Wildman–Crippen MR) is 76.2 cm³/mol. The van der Waals surface area contributed by atoms with Crippen LogP contribution < -0.4 is 5.32 Å². The van der Waals surface area contributed by atoms with Crippen molar-refractivity contribution in [3.63, 3.8) is 0 Å². The second-order valence-corrected chi connectivity index (χ2v) is 5.77. The first-order chi connectivity index (χ1) is 10.3. The van der Waals surface area contributed by atoms with Crippen LogP contribution in [0.3, 0.4) is 0 Å². The zero-order valence-electron chi connectivity index (χ0n) is 10.9. The molecule has 0 radical (unpaired) electrons. The van der Waals surface area contributed by atoms with E-state index in [2.05, 4.69) is 15.5 Å². The van der Waals surface area contributed by atoms with E-state index < -0.39 is 0 Å². The summed E-state index contributed by atoms with van der Waals surface area (Å²) in [5.41, 5.74) is 1.13. The SMILES string of the molecule is O=C(Nc1ccsc1-c1nnc(C2CC2)o1)c1ccoc1. The molecule has 1 saturated carbocycles. The molecule has 3 heterocycles. The topological polar surface area (TPSA) is 81.2 Å². The molecule has 1 N–H and O–H groups in total. The summed E-state index contributed by atoms with van der Waals surface area (Å²) < 4.78 is 10.6. The highest BCUT2D eigenvalue weighted by Crippen LogP contribution is 2.41. The average molecular weight is 301 g/mol. The van der Waals surface area contributed by atoms with Gasteiger partial charge in [-0.2, -0.15) is 0 Å². The van der Waals surface area contributed by atoms with Crippen molar-refractivity contribution < 1.29 is 13.6 Å². The number of anilines is 1. The van der Waals surface area contributed by atoms with Crippen molar-refractivity contribution in [3.8, 4) is 10.8 Å². The number of aromatic nitrogens is 2. The number of carbonyl (C=O) groups is 1. The maximum atomic E-state index is 12.0. The first kappa shape index (κ1) is 12.3. The fourth-order valence-corrected chi connectivity index (χ4v) is 2.75. The van der Waals surface area contributed by atoms with E-state index in [0.717, 1.165) is 17.7 Å². The van der Waals surface area contributed by atoms with Crippen molar-refractivity contribution in [2.75, 3.05) is 5.32 Å². The van der Waals surface area contributed by atoms with Gasteiger partial charge in [-0.1, -0.05) is 0 Å². The van der Waals surface area contributed by atoms with E-state index in [1.807, 2.05) is 11.4 Å². The molecule has 3 aromatic rings. The van der Waals surface area contributed by atoms with Gasteiger partial charge in [0.2, 0.25) is 5.89 Å². The summed E-state index contributed by atoms with van der Waals surface area (Å²) in [5, 5.41) is 12.8. The molecule has 0 spiro atoms. The lowest BCUT2D eigenvalue weighted by Gasteiger charge is -2.02. The van der Waals surface area contributed by atoms with Gasteiger partial charge in [-0.25, -0.2) is 0 Å². The second kappa shape index (κ2) is 4.85. The zero-order valence-corrected chi connectivity index (χ0v) is 11.7. The molecule has 0 aliphatic heterocycles. The van der Waals surface area contributed by atoms with Crippen molar-refractivity contribution in [2.24, 2.45) is 0 Å². The van der Waals surface area contributed by atoms with Gasteiger partial charge >= 0.3 is 0 Å². The van der Waals surface area contributed by atoms with Crippen molar-refractivity contribution >= 4 is 22.9 Å². The zero-order chi connectivity index (χ0) is 14.2. The molecule has 4 rings (SSSR count). The van der Waals surface area contributed by atoms with Gasteiger partial charge in [0, 0.05) is 5.92 Å². The van der Waals surface area contributed by atoms with Gasteiger partial charge in [0.15, 0.2) is 0 Å². The van der Waals surface area contributed by atoms with Crippen LogP contribution in [-0.2, 0) is 0 Å². The van der Waals surface area contributed by atoms with Crippen LogP contribution in [0, 0.1) is 0 Å². The van der Waals surface area contributed by atoms with Crippen LogP contribution in [0.5, 0.6) is 0 Å². The van der Waals surface area contributed by atoms with Crippen molar-refractivity contribution in [3.05, 3.63) is 41.5 Å². The lowest BCUT2D eigenvalue weighted by atomic mass is 10.3. The minimum absolute atomic E-state index is 0.231. The van der Waals surface area contributed by atoms with Crippen molar-refractivity contribution in [1.82, 2.24) is 10.2 Å². The summed E-state index contributed by atoms with van der Waals surface area (Å²) >= 11 is 1.45. The van der Waals surface area contributed by atoms with Gasteiger partial charge in [-0.3, -0.25) is 4.79 Å². The van der Waals surface area contributed by atoms with Gasteiger partial charge in [0.05, 0.1) is 17.5 Å². The molecular formula is C14H11N3O3S. The standard InChI is InChI=1S/C14H11N3O3S/c18-12(9-3-5-19-7-9)15-10-4-6-21-11(10)14-17-16-13(20-14)8-1-2-8/h3-8H,1-2H2,(H,15,18). The Hall–Kier alpha value is -2.41. The third-order valence-electron chi connectivity index (χ3n) is 3.26. The minimum atomic E-state index is -0.231. The number of carbonyl (C=O) groups excluding carboxylic acids is 1. The van der Waals surface area contributed by atoms with E-state index in [1.54, 1.807) is 6.07 Å². The number of nitrogens with zero attached hydrogens (tertiary/aromatic N) is 2. The van der Waals surface area contributed by atoms with Gasteiger partial charge in [0.1, 0.15) is 11.1 Å². The Kier molecular flexibility index (Phi) is 2.85. The third-order valence-corrected chi connectivity index (χ3v) is 4.16. The summed E-state index contributed by atoms with van der Waals surface area (Å²) in [6, 6.07) is 3.43. The number of rotatable bonds is 4. The first-order valence-electron chi connectivity index (χ1n) is 6.56. The van der Waals surface area contributed by atoms with E-state index in [0.29, 0.717) is 29.0 Å². The Morgan fingerprint density at radius 3 is 3.00 bits per heavy atom. The molecule has 21 heavy (non-hydrogen) atoms. The molecule has 0 aromatic carbocycles. The molecule has 1 amide bonds. The Labute approximate surface area is 123 Å². The monoisotopic (exact) mass is 301 g/mol. The van der Waals surface area contributed by atoms with Crippen LogP contribution in [0.2, 0.25) is 0 Å². The Bertz CT molecular complexity index is 771. The highest BCUT2D eigenvalue weighted by molar-refractivity contribution is 7.14. The molecular weight excluding hydrogens is 290 g/mol. The molecule has 1 aliphatic rings. The lowest BCUT2D eigenvalue weighted by molar-refractivity contribution is 0.102. The summed E-state index contributed by atoms with van der Waals surface area (Å²) in [7, 11) is 0. The maximum Gasteiger partial charge on any atom is 0.259 e. The molecule has 1 fully saturated rings. The molecule has 0 atom stereocenters. The van der Waals surface area contributed by atoms with Crippen LogP contribution in [0.1, 0.15) is 35.0 Å². The molecule has 106 valence electrons. The Morgan fingerprint density at radius 2 is 2.24 bits per heavy atom. The van der Waals surface area contributed by atoms with E-state index in [9.17, 15) is 4.79 Å². The number of furan rings is 1. The third kappa shape index (κ3) is 2.36.